The molecule has 1 atom stereocenters. The molecular weight excluding hydrogens is 228 g/mol. The van der Waals surface area contributed by atoms with Gasteiger partial charge in [-0.05, 0) is 25.8 Å². The Morgan fingerprint density at radius 3 is 2.33 bits per heavy atom. The van der Waals surface area contributed by atoms with Gasteiger partial charge in [-0.15, -0.1) is 0 Å². The van der Waals surface area contributed by atoms with Gasteiger partial charge in [-0.1, -0.05) is 20.8 Å². The van der Waals surface area contributed by atoms with E-state index in [0.717, 1.165) is 45.5 Å². The summed E-state index contributed by atoms with van der Waals surface area (Å²) in [5.41, 5.74) is 0. The lowest BCUT2D eigenvalue weighted by Crippen LogP contribution is -2.46. The van der Waals surface area contributed by atoms with Gasteiger partial charge in [0, 0.05) is 38.9 Å². The minimum Gasteiger partial charge on any atom is -0.396 e. The molecule has 0 aliphatic rings. The minimum atomic E-state index is 0.249. The van der Waals surface area contributed by atoms with Gasteiger partial charge in [0.15, 0.2) is 0 Å². The zero-order chi connectivity index (χ0) is 13.8. The molecule has 110 valence electrons. The van der Waals surface area contributed by atoms with Crippen LogP contribution in [0.4, 0.5) is 0 Å². The van der Waals surface area contributed by atoms with E-state index in [-0.39, 0.29) is 6.61 Å². The molecule has 18 heavy (non-hydrogen) atoms. The molecule has 0 aliphatic carbocycles. The lowest BCUT2D eigenvalue weighted by molar-refractivity contribution is 0.102. The summed E-state index contributed by atoms with van der Waals surface area (Å²) in [7, 11) is 1.75. The van der Waals surface area contributed by atoms with Crippen molar-refractivity contribution in [1.29, 1.82) is 0 Å². The van der Waals surface area contributed by atoms with Crippen LogP contribution in [0.3, 0.4) is 0 Å². The van der Waals surface area contributed by atoms with Gasteiger partial charge in [-0.2, -0.15) is 0 Å². The summed E-state index contributed by atoms with van der Waals surface area (Å²) in [6.07, 6.45) is 3.15. The second kappa shape index (κ2) is 11.9. The molecule has 0 aromatic carbocycles. The van der Waals surface area contributed by atoms with Crippen LogP contribution in [-0.2, 0) is 4.74 Å². The van der Waals surface area contributed by atoms with E-state index in [2.05, 4.69) is 31.0 Å². The molecule has 0 fully saturated rings. The van der Waals surface area contributed by atoms with E-state index >= 15 is 0 Å². The average molecular weight is 260 g/mol. The monoisotopic (exact) mass is 260 g/mol. The number of rotatable bonds is 12. The van der Waals surface area contributed by atoms with E-state index < -0.39 is 0 Å². The second-order valence-corrected chi connectivity index (χ2v) is 4.72. The molecule has 0 heterocycles. The highest BCUT2D eigenvalue weighted by Crippen LogP contribution is 2.10. The number of ether oxygens (including phenoxy) is 1. The fourth-order valence-electron chi connectivity index (χ4n) is 2.42. The van der Waals surface area contributed by atoms with E-state index in [1.807, 2.05) is 0 Å². The molecule has 0 saturated heterocycles. The third kappa shape index (κ3) is 7.31. The predicted octanol–water partition coefficient (Wildman–Crippen LogP) is 1.48. The summed E-state index contributed by atoms with van der Waals surface area (Å²) < 4.78 is 5.20. The summed E-state index contributed by atoms with van der Waals surface area (Å²) >= 11 is 0. The lowest BCUT2D eigenvalue weighted by atomic mass is 10.1. The van der Waals surface area contributed by atoms with Gasteiger partial charge in [-0.25, -0.2) is 0 Å². The Morgan fingerprint density at radius 2 is 1.89 bits per heavy atom. The Morgan fingerprint density at radius 1 is 1.22 bits per heavy atom. The molecule has 0 radical (unpaired) electrons. The SMILES string of the molecule is CCNC(CCO)CN(CCOC)C(CC)CC. The van der Waals surface area contributed by atoms with E-state index in [1.165, 1.54) is 0 Å². The summed E-state index contributed by atoms with van der Waals surface area (Å²) in [6, 6.07) is 0.984. The van der Waals surface area contributed by atoms with Gasteiger partial charge >= 0.3 is 0 Å². The Labute approximate surface area is 113 Å². The Hall–Kier alpha value is -0.160. The molecule has 0 aliphatic heterocycles. The number of methoxy groups -OCH3 is 1. The quantitative estimate of drug-likeness (QED) is 0.558. The van der Waals surface area contributed by atoms with E-state index in [9.17, 15) is 0 Å². The fourth-order valence-corrected chi connectivity index (χ4v) is 2.42. The van der Waals surface area contributed by atoms with Crippen LogP contribution in [0.25, 0.3) is 0 Å². The maximum Gasteiger partial charge on any atom is 0.0589 e. The smallest absolute Gasteiger partial charge is 0.0589 e. The topological polar surface area (TPSA) is 44.7 Å². The van der Waals surface area contributed by atoms with Gasteiger partial charge in [0.05, 0.1) is 6.61 Å². The summed E-state index contributed by atoms with van der Waals surface area (Å²) in [6.45, 7) is 10.5. The molecule has 0 saturated carbocycles. The van der Waals surface area contributed by atoms with Crippen LogP contribution in [0.5, 0.6) is 0 Å². The fraction of sp³-hybridized carbons (Fsp3) is 1.00. The van der Waals surface area contributed by atoms with E-state index in [0.29, 0.717) is 12.1 Å². The van der Waals surface area contributed by atoms with Crippen LogP contribution >= 0.6 is 0 Å². The van der Waals surface area contributed by atoms with Crippen molar-refractivity contribution in [1.82, 2.24) is 10.2 Å². The molecule has 0 spiro atoms. The van der Waals surface area contributed by atoms with E-state index in [1.54, 1.807) is 7.11 Å². The standard InChI is InChI=1S/C14H32N2O2/c1-5-14(6-2)16(9-11-18-4)12-13(8-10-17)15-7-3/h13-15,17H,5-12H2,1-4H3. The van der Waals surface area contributed by atoms with Crippen LogP contribution in [0.1, 0.15) is 40.0 Å². The highest BCUT2D eigenvalue weighted by molar-refractivity contribution is 4.76. The van der Waals surface area contributed by atoms with Crippen LogP contribution in [0.15, 0.2) is 0 Å². The van der Waals surface area contributed by atoms with Crippen molar-refractivity contribution in [3.05, 3.63) is 0 Å². The number of hydrogen-bond donors (Lipinski definition) is 2. The largest absolute Gasteiger partial charge is 0.396 e. The lowest BCUT2D eigenvalue weighted by Gasteiger charge is -2.33. The van der Waals surface area contributed by atoms with Crippen molar-refractivity contribution in [2.45, 2.75) is 52.1 Å². The molecule has 0 bridgehead atoms. The Bertz CT molecular complexity index is 169. The molecule has 4 nitrogen and oxygen atoms in total. The maximum absolute atomic E-state index is 9.12. The molecular formula is C14H32N2O2. The van der Waals surface area contributed by atoms with Crippen molar-refractivity contribution in [3.63, 3.8) is 0 Å². The van der Waals surface area contributed by atoms with Crippen molar-refractivity contribution >= 4 is 0 Å². The van der Waals surface area contributed by atoms with Gasteiger partial charge < -0.3 is 15.2 Å². The number of hydrogen-bond acceptors (Lipinski definition) is 4. The van der Waals surface area contributed by atoms with Crippen LogP contribution in [0.2, 0.25) is 0 Å². The normalized spacial score (nSPS) is 13.5. The minimum absolute atomic E-state index is 0.249. The van der Waals surface area contributed by atoms with Gasteiger partial charge in [0.1, 0.15) is 0 Å². The first-order valence-corrected chi connectivity index (χ1v) is 7.30. The summed E-state index contributed by atoms with van der Waals surface area (Å²) in [5.74, 6) is 0. The number of likely N-dealkylation sites (N-methyl/N-ethyl adjacent to an activating group) is 1. The number of aliphatic hydroxyl groups is 1. The first-order valence-electron chi connectivity index (χ1n) is 7.30. The van der Waals surface area contributed by atoms with Crippen molar-refractivity contribution in [2.75, 3.05) is 40.0 Å². The molecule has 0 aromatic rings. The zero-order valence-electron chi connectivity index (χ0n) is 12.6. The van der Waals surface area contributed by atoms with Crippen LogP contribution in [0, 0.1) is 0 Å². The zero-order valence-corrected chi connectivity index (χ0v) is 12.6. The average Bonchev–Trinajstić information content (AvgIpc) is 2.37. The van der Waals surface area contributed by atoms with Crippen molar-refractivity contribution in [3.8, 4) is 0 Å². The molecule has 1 unspecified atom stereocenters. The first-order chi connectivity index (χ1) is 8.73. The Kier molecular flexibility index (Phi) is 11.8. The second-order valence-electron chi connectivity index (χ2n) is 4.72. The third-order valence-electron chi connectivity index (χ3n) is 3.47. The molecule has 4 heteroatoms. The molecule has 0 rings (SSSR count). The van der Waals surface area contributed by atoms with Gasteiger partial charge in [0.2, 0.25) is 0 Å². The molecule has 0 aromatic heterocycles. The van der Waals surface area contributed by atoms with Crippen LogP contribution < -0.4 is 5.32 Å². The first kappa shape index (κ1) is 17.8. The highest BCUT2D eigenvalue weighted by atomic mass is 16.5. The van der Waals surface area contributed by atoms with E-state index in [4.69, 9.17) is 9.84 Å². The van der Waals surface area contributed by atoms with Gasteiger partial charge in [0.25, 0.3) is 0 Å². The van der Waals surface area contributed by atoms with Crippen LogP contribution in [-0.4, -0.2) is 62.0 Å². The number of nitrogens with zero attached hydrogens (tertiary/aromatic N) is 1. The molecule has 2 N–H and O–H groups in total. The number of nitrogens with one attached hydrogen (secondary N) is 1. The summed E-state index contributed by atoms with van der Waals surface area (Å²) in [4.78, 5) is 2.49. The Balaban J connectivity index is 4.40. The maximum atomic E-state index is 9.12. The predicted molar refractivity (Wildman–Crippen MR) is 77.0 cm³/mol. The number of aliphatic hydroxyl groups excluding tert-OH is 1. The van der Waals surface area contributed by atoms with Gasteiger partial charge in [-0.3, -0.25) is 4.90 Å². The highest BCUT2D eigenvalue weighted by Gasteiger charge is 2.18. The van der Waals surface area contributed by atoms with Crippen molar-refractivity contribution < 1.29 is 9.84 Å². The summed E-state index contributed by atoms with van der Waals surface area (Å²) in [5, 5.41) is 12.6. The molecule has 0 amide bonds. The van der Waals surface area contributed by atoms with Crippen molar-refractivity contribution in [2.24, 2.45) is 0 Å². The third-order valence-corrected chi connectivity index (χ3v) is 3.47.